The van der Waals surface area contributed by atoms with Crippen LogP contribution in [0.3, 0.4) is 0 Å². The highest BCUT2D eigenvalue weighted by molar-refractivity contribution is 6.18. The largest absolute Gasteiger partial charge is 0.455 e. The zero-order chi connectivity index (χ0) is 68.1. The van der Waals surface area contributed by atoms with E-state index in [0.717, 1.165) is 195 Å². The van der Waals surface area contributed by atoms with Gasteiger partial charge in [-0.15, -0.1) is 0 Å². The van der Waals surface area contributed by atoms with E-state index in [4.69, 9.17) is 21.5 Å². The Bertz CT molecular complexity index is 5630. The van der Waals surface area contributed by atoms with Crippen LogP contribution in [0.25, 0.3) is 132 Å². The Morgan fingerprint density at radius 2 is 0.696 bits per heavy atom. The number of aryl methyl sites for hydroxylation is 6. The number of aromatic nitrogens is 3. The van der Waals surface area contributed by atoms with Crippen molar-refractivity contribution in [2.75, 3.05) is 0 Å². The van der Waals surface area contributed by atoms with Gasteiger partial charge in [0, 0.05) is 93.1 Å². The average Bonchev–Trinajstić information content (AvgIpc) is 1.58. The molecular formula is C86H84N3O3+3. The van der Waals surface area contributed by atoms with Crippen LogP contribution in [0.5, 0.6) is 0 Å². The van der Waals surface area contributed by atoms with E-state index in [-0.39, 0.29) is 17.8 Å². The molecule has 9 aromatic carbocycles. The molecule has 6 heteroatoms. The molecule has 458 valence electrons. The van der Waals surface area contributed by atoms with E-state index in [1.807, 2.05) is 101 Å². The van der Waals surface area contributed by atoms with Crippen molar-refractivity contribution >= 4 is 98.1 Å². The van der Waals surface area contributed by atoms with Crippen molar-refractivity contribution in [3.05, 3.63) is 234 Å². The van der Waals surface area contributed by atoms with Crippen LogP contribution in [-0.2, 0) is 40.3 Å². The van der Waals surface area contributed by atoms with Crippen molar-refractivity contribution in [2.24, 2.45) is 38.9 Å². The van der Waals surface area contributed by atoms with Crippen molar-refractivity contribution < 1.29 is 35.2 Å². The minimum atomic E-state index is -1.39. The molecule has 0 aliphatic heterocycles. The lowest BCUT2D eigenvalue weighted by Gasteiger charge is -2.21. The molecule has 0 bridgehead atoms. The Morgan fingerprint density at radius 3 is 1.05 bits per heavy atom. The summed E-state index contributed by atoms with van der Waals surface area (Å²) in [4.78, 5) is 0. The van der Waals surface area contributed by atoms with Crippen molar-refractivity contribution in [2.45, 2.75) is 112 Å². The van der Waals surface area contributed by atoms with E-state index in [2.05, 4.69) is 169 Å². The summed E-state index contributed by atoms with van der Waals surface area (Å²) < 4.78 is 78.2. The standard InChI is InChI=1S/C30H30NO.C29H28NO.C27H26NO/c1-20-16-27-25-13-12-23-10-6-7-11-24(23)30(25)32-29(27)19-26(20)28-18-22(14-15-31(28)2)17-21-8-4-3-5-9-21;1-19-15-26-24-12-11-22-9-5-6-10-23(22)29(24)31-28(26)18-25(19)27-17-21(13-14-30(27)2)16-20-7-3-4-8-20;1-17(2)13-19-11-12-28(4)25(15-19)23-16-26-24(14-18(23)3)22-10-9-20-7-5-6-8-21(20)27(22)29-26/h6-7,10-16,18-19,21H,3-5,8-9,17H2,1-2H3;5-6,9-15,17-18,20H,3-4,7-8,16H2,1-2H3;5-12,14-17H,13H2,1-4H3/q3*+1/i17D2;16D2;13D2. The first kappa shape index (κ1) is 52.3. The van der Waals surface area contributed by atoms with Gasteiger partial charge in [0.2, 0.25) is 17.1 Å². The van der Waals surface area contributed by atoms with E-state index in [1.165, 1.54) is 22.6 Å². The predicted octanol–water partition coefficient (Wildman–Crippen LogP) is 21.7. The lowest BCUT2D eigenvalue weighted by Crippen LogP contribution is -2.31. The number of hydrogen-bond donors (Lipinski definition) is 0. The zero-order valence-corrected chi connectivity index (χ0v) is 54.2. The molecule has 2 saturated carbocycles. The Kier molecular flexibility index (Phi) is 14.0. The highest BCUT2D eigenvalue weighted by atomic mass is 16.3. The van der Waals surface area contributed by atoms with Crippen molar-refractivity contribution in [3.63, 3.8) is 0 Å². The van der Waals surface area contributed by atoms with Gasteiger partial charge in [0.15, 0.2) is 18.6 Å². The minimum absolute atomic E-state index is 0.0917. The number of fused-ring (bicyclic) bond motifs is 15. The summed E-state index contributed by atoms with van der Waals surface area (Å²) in [6.45, 7) is 10.2. The fourth-order valence-electron chi connectivity index (χ4n) is 14.7. The van der Waals surface area contributed by atoms with E-state index >= 15 is 0 Å². The Morgan fingerprint density at radius 1 is 0.370 bits per heavy atom. The highest BCUT2D eigenvalue weighted by Gasteiger charge is 2.24. The molecule has 0 unspecified atom stereocenters. The second-order valence-corrected chi connectivity index (χ2v) is 26.4. The first-order chi connectivity index (χ1) is 47.1. The molecule has 0 amide bonds. The van der Waals surface area contributed by atoms with Gasteiger partial charge in [-0.25, -0.2) is 13.7 Å². The maximum atomic E-state index is 8.96. The molecular weight excluding hydrogens is 1120 g/mol. The topological polar surface area (TPSA) is 51.1 Å². The number of nitrogens with zero attached hydrogens (tertiary/aromatic N) is 3. The van der Waals surface area contributed by atoms with Gasteiger partial charge >= 0.3 is 0 Å². The van der Waals surface area contributed by atoms with Gasteiger partial charge in [0.05, 0.1) is 16.7 Å². The maximum Gasteiger partial charge on any atom is 0.212 e. The van der Waals surface area contributed by atoms with Gasteiger partial charge in [0.1, 0.15) is 54.6 Å². The first-order valence-electron chi connectivity index (χ1n) is 36.2. The minimum Gasteiger partial charge on any atom is -0.455 e. The van der Waals surface area contributed by atoms with Gasteiger partial charge in [-0.05, 0) is 162 Å². The van der Waals surface area contributed by atoms with Crippen molar-refractivity contribution in [1.29, 1.82) is 0 Å². The molecule has 0 N–H and O–H groups in total. The number of pyridine rings is 3. The first-order valence-corrected chi connectivity index (χ1v) is 33.2. The monoisotopic (exact) mass is 1210 g/mol. The third-order valence-corrected chi connectivity index (χ3v) is 19.6. The van der Waals surface area contributed by atoms with Gasteiger partial charge in [-0.1, -0.05) is 163 Å². The maximum absolute atomic E-state index is 8.96. The molecule has 0 spiro atoms. The zero-order valence-electron chi connectivity index (χ0n) is 60.2. The van der Waals surface area contributed by atoms with Crippen molar-refractivity contribution in [1.82, 2.24) is 0 Å². The van der Waals surface area contributed by atoms with Gasteiger partial charge < -0.3 is 13.3 Å². The molecule has 6 heterocycles. The quantitative estimate of drug-likeness (QED) is 0.135. The predicted molar refractivity (Wildman–Crippen MR) is 382 cm³/mol. The summed E-state index contributed by atoms with van der Waals surface area (Å²) in [5.74, 6) is 0.0830. The van der Waals surface area contributed by atoms with Crippen LogP contribution < -0.4 is 13.7 Å². The Labute approximate surface area is 548 Å². The third-order valence-electron chi connectivity index (χ3n) is 19.6. The molecule has 2 aliphatic rings. The van der Waals surface area contributed by atoms with Crippen molar-refractivity contribution in [3.8, 4) is 33.8 Å². The van der Waals surface area contributed by atoms with E-state index in [0.29, 0.717) is 5.56 Å². The number of benzene rings is 9. The highest BCUT2D eigenvalue weighted by Crippen LogP contribution is 2.42. The SMILES string of the molecule is [2H]C([2H])(c1cc[n+](C)c(-c2cc3oc4c5ccccc5ccc4c3cc2C)c1)C(C)C.[2H]C([2H])(c1cc[n+](C)c(-c2cc3oc4c5ccccc5ccc4c3cc2C)c1)C1CCCC1.[2H]C([2H])(c1cc[n+](C)c(-c2cc3oc4c5ccccc5ccc4c3cc2C)c1)C1CCCCC1. The lowest BCUT2D eigenvalue weighted by molar-refractivity contribution is -0.660. The molecule has 0 saturated heterocycles. The van der Waals surface area contributed by atoms with Crippen LogP contribution in [0.1, 0.15) is 113 Å². The molecule has 2 fully saturated rings. The number of rotatable bonds is 9. The average molecular weight is 1210 g/mol. The van der Waals surface area contributed by atoms with Crippen LogP contribution in [0.4, 0.5) is 0 Å². The van der Waals surface area contributed by atoms with Crippen LogP contribution in [-0.4, -0.2) is 0 Å². The molecule has 0 atom stereocenters. The number of furan rings is 3. The van der Waals surface area contributed by atoms with Crippen LogP contribution in [0.2, 0.25) is 0 Å². The molecule has 15 aromatic rings. The molecule has 0 radical (unpaired) electrons. The summed E-state index contributed by atoms with van der Waals surface area (Å²) in [6, 6.07) is 62.7. The third kappa shape index (κ3) is 11.3. The van der Waals surface area contributed by atoms with Gasteiger partial charge in [-0.2, -0.15) is 0 Å². The number of hydrogen-bond acceptors (Lipinski definition) is 3. The van der Waals surface area contributed by atoms with E-state index < -0.39 is 19.1 Å². The molecule has 6 aromatic heterocycles. The normalized spacial score (nSPS) is 15.5. The second-order valence-electron chi connectivity index (χ2n) is 26.4. The summed E-state index contributed by atoms with van der Waals surface area (Å²) >= 11 is 0. The van der Waals surface area contributed by atoms with Gasteiger partial charge in [0.25, 0.3) is 0 Å². The molecule has 6 nitrogen and oxygen atoms in total. The lowest BCUT2D eigenvalue weighted by atomic mass is 9.85. The Balaban J connectivity index is 0.000000120. The fraction of sp³-hybridized carbons (Fsp3) is 0.267. The summed E-state index contributed by atoms with van der Waals surface area (Å²) in [7, 11) is 6.06. The van der Waals surface area contributed by atoms with Gasteiger partial charge in [-0.3, -0.25) is 0 Å². The summed E-state index contributed by atoms with van der Waals surface area (Å²) in [6.07, 6.45) is 11.6. The smallest absolute Gasteiger partial charge is 0.212 e. The molecule has 17 rings (SSSR count). The van der Waals surface area contributed by atoms with Crippen LogP contribution in [0, 0.1) is 38.5 Å². The molecule has 2 aliphatic carbocycles. The summed E-state index contributed by atoms with van der Waals surface area (Å²) in [5.41, 5.74) is 17.3. The summed E-state index contributed by atoms with van der Waals surface area (Å²) in [5, 5.41) is 13.6. The van der Waals surface area contributed by atoms with E-state index in [9.17, 15) is 0 Å². The Hall–Kier alpha value is -9.39. The molecule has 92 heavy (non-hydrogen) atoms. The fourth-order valence-corrected chi connectivity index (χ4v) is 14.7. The van der Waals surface area contributed by atoms with E-state index in [1.54, 1.807) is 0 Å². The van der Waals surface area contributed by atoms with Crippen LogP contribution >= 0.6 is 0 Å². The van der Waals surface area contributed by atoms with Crippen LogP contribution in [0.15, 0.2) is 214 Å². The second kappa shape index (κ2) is 24.7.